The Labute approximate surface area is 134 Å². The van der Waals surface area contributed by atoms with Crippen LogP contribution >= 0.6 is 0 Å². The maximum Gasteiger partial charge on any atom is 0.410 e. The van der Waals surface area contributed by atoms with Crippen LogP contribution in [-0.2, 0) is 17.8 Å². The van der Waals surface area contributed by atoms with Crippen LogP contribution in [0.3, 0.4) is 0 Å². The minimum absolute atomic E-state index is 0.302. The van der Waals surface area contributed by atoms with Gasteiger partial charge in [-0.05, 0) is 50.1 Å². The van der Waals surface area contributed by atoms with Crippen LogP contribution in [0.4, 0.5) is 4.79 Å². The van der Waals surface area contributed by atoms with Crippen molar-refractivity contribution in [2.45, 2.75) is 39.5 Å². The van der Waals surface area contributed by atoms with E-state index in [1.807, 2.05) is 39.0 Å². The molecule has 5 heteroatoms. The minimum Gasteiger partial charge on any atom is -0.453 e. The summed E-state index contributed by atoms with van der Waals surface area (Å²) in [6, 6.07) is 9.32. The Kier molecular flexibility index (Phi) is 3.72. The number of fused-ring (bicyclic) bond motifs is 1. The van der Waals surface area contributed by atoms with Crippen molar-refractivity contribution in [2.24, 2.45) is 0 Å². The molecule has 2 heterocycles. The smallest absolute Gasteiger partial charge is 0.410 e. The summed E-state index contributed by atoms with van der Waals surface area (Å²) in [6.45, 7) is 6.62. The van der Waals surface area contributed by atoms with Gasteiger partial charge in [-0.1, -0.05) is 12.1 Å². The van der Waals surface area contributed by atoms with Gasteiger partial charge in [0.25, 0.3) is 0 Å². The van der Waals surface area contributed by atoms with Gasteiger partial charge in [0.05, 0.1) is 0 Å². The predicted octanol–water partition coefficient (Wildman–Crippen LogP) is 4.01. The molecule has 120 valence electrons. The van der Waals surface area contributed by atoms with Crippen molar-refractivity contribution in [1.29, 1.82) is 0 Å². The van der Waals surface area contributed by atoms with Gasteiger partial charge in [0, 0.05) is 18.7 Å². The second-order valence-electron chi connectivity index (χ2n) is 6.64. The molecule has 1 aliphatic heterocycles. The first kappa shape index (κ1) is 15.3. The number of carbonyl (C=O) groups is 2. The van der Waals surface area contributed by atoms with E-state index in [4.69, 9.17) is 9.15 Å². The second kappa shape index (κ2) is 5.57. The van der Waals surface area contributed by atoms with Crippen molar-refractivity contribution in [3.05, 3.63) is 47.2 Å². The van der Waals surface area contributed by atoms with Crippen molar-refractivity contribution < 1.29 is 18.7 Å². The highest BCUT2D eigenvalue weighted by Crippen LogP contribution is 2.30. The monoisotopic (exact) mass is 313 g/mol. The maximum absolute atomic E-state index is 12.2. The quantitative estimate of drug-likeness (QED) is 0.786. The van der Waals surface area contributed by atoms with Gasteiger partial charge in [-0.15, -0.1) is 0 Å². The zero-order valence-electron chi connectivity index (χ0n) is 13.5. The molecule has 1 aromatic heterocycles. The molecule has 0 radical (unpaired) electrons. The third-order valence-electron chi connectivity index (χ3n) is 3.61. The summed E-state index contributed by atoms with van der Waals surface area (Å²) in [5.74, 6) is 0.946. The normalized spacial score (nSPS) is 13.8. The molecule has 0 N–H and O–H groups in total. The van der Waals surface area contributed by atoms with Crippen LogP contribution in [-0.4, -0.2) is 22.9 Å². The maximum atomic E-state index is 12.2. The summed E-state index contributed by atoms with van der Waals surface area (Å²) in [5, 5.41) is 0. The average molecular weight is 313 g/mol. The van der Waals surface area contributed by atoms with E-state index in [1.54, 1.807) is 17.0 Å². The summed E-state index contributed by atoms with van der Waals surface area (Å²) in [7, 11) is 0. The van der Waals surface area contributed by atoms with Crippen molar-refractivity contribution in [1.82, 2.24) is 4.90 Å². The van der Waals surface area contributed by atoms with Gasteiger partial charge >= 0.3 is 6.09 Å². The van der Waals surface area contributed by atoms with E-state index in [-0.39, 0.29) is 6.09 Å². The molecule has 0 aliphatic carbocycles. The number of ether oxygens (including phenoxy) is 1. The number of hydrogen-bond acceptors (Lipinski definition) is 4. The fraction of sp³-hybridized carbons (Fsp3) is 0.333. The molecule has 1 aromatic carbocycles. The van der Waals surface area contributed by atoms with E-state index < -0.39 is 5.60 Å². The topological polar surface area (TPSA) is 59.8 Å². The number of amides is 1. The molecule has 0 unspecified atom stereocenters. The van der Waals surface area contributed by atoms with Gasteiger partial charge < -0.3 is 9.15 Å². The predicted molar refractivity (Wildman–Crippen MR) is 85.0 cm³/mol. The lowest BCUT2D eigenvalue weighted by molar-refractivity contribution is 0.0242. The van der Waals surface area contributed by atoms with Crippen LogP contribution in [0.1, 0.15) is 42.5 Å². The first-order chi connectivity index (χ1) is 10.9. The zero-order valence-corrected chi connectivity index (χ0v) is 13.5. The van der Waals surface area contributed by atoms with Crippen LogP contribution in [0, 0.1) is 0 Å². The first-order valence-electron chi connectivity index (χ1n) is 7.51. The molecule has 0 spiro atoms. The van der Waals surface area contributed by atoms with Crippen LogP contribution in [0.25, 0.3) is 11.3 Å². The molecule has 23 heavy (non-hydrogen) atoms. The Morgan fingerprint density at radius 2 is 1.91 bits per heavy atom. The Morgan fingerprint density at radius 3 is 2.57 bits per heavy atom. The van der Waals surface area contributed by atoms with Gasteiger partial charge in [0.15, 0.2) is 12.0 Å². The van der Waals surface area contributed by atoms with Crippen molar-refractivity contribution in [3.8, 4) is 11.3 Å². The van der Waals surface area contributed by atoms with Crippen molar-refractivity contribution >= 4 is 12.4 Å². The molecular formula is C18H19NO4. The highest BCUT2D eigenvalue weighted by Gasteiger charge is 2.28. The molecule has 0 atom stereocenters. The Bertz CT molecular complexity index is 755. The molecule has 0 bridgehead atoms. The Balaban J connectivity index is 1.78. The van der Waals surface area contributed by atoms with E-state index in [0.717, 1.165) is 16.7 Å². The van der Waals surface area contributed by atoms with E-state index in [1.165, 1.54) is 0 Å². The Hall–Kier alpha value is -2.56. The van der Waals surface area contributed by atoms with Crippen LogP contribution < -0.4 is 0 Å². The Morgan fingerprint density at radius 1 is 1.17 bits per heavy atom. The molecule has 2 aromatic rings. The molecule has 1 aliphatic rings. The van der Waals surface area contributed by atoms with Gasteiger partial charge in [-0.2, -0.15) is 0 Å². The summed E-state index contributed by atoms with van der Waals surface area (Å²) < 4.78 is 10.9. The van der Waals surface area contributed by atoms with E-state index in [9.17, 15) is 9.59 Å². The number of nitrogens with zero attached hydrogens (tertiary/aromatic N) is 1. The van der Waals surface area contributed by atoms with Crippen molar-refractivity contribution in [2.75, 3.05) is 0 Å². The summed E-state index contributed by atoms with van der Waals surface area (Å²) in [4.78, 5) is 24.6. The molecule has 5 nitrogen and oxygen atoms in total. The SMILES string of the molecule is CC(C)(C)OC(=O)N1Cc2ccc(-c3ccc(C=O)o3)cc2C1. The number of furan rings is 1. The molecule has 3 rings (SSSR count). The standard InChI is InChI=1S/C18H19NO4/c1-18(2,3)23-17(21)19-9-13-5-4-12(8-14(13)10-19)16-7-6-15(11-20)22-16/h4-8,11H,9-10H2,1-3H3. The van der Waals surface area contributed by atoms with E-state index in [0.29, 0.717) is 30.9 Å². The van der Waals surface area contributed by atoms with Crippen LogP contribution in [0.5, 0.6) is 0 Å². The van der Waals surface area contributed by atoms with E-state index in [2.05, 4.69) is 0 Å². The molecule has 0 saturated heterocycles. The summed E-state index contributed by atoms with van der Waals surface area (Å²) in [6.07, 6.45) is 0.373. The number of aldehydes is 1. The zero-order chi connectivity index (χ0) is 16.6. The second-order valence-corrected chi connectivity index (χ2v) is 6.64. The van der Waals surface area contributed by atoms with Gasteiger partial charge in [-0.25, -0.2) is 4.79 Å². The first-order valence-corrected chi connectivity index (χ1v) is 7.51. The molecule has 0 saturated carbocycles. The average Bonchev–Trinajstić information content (AvgIpc) is 3.11. The van der Waals surface area contributed by atoms with Crippen LogP contribution in [0.15, 0.2) is 34.7 Å². The summed E-state index contributed by atoms with van der Waals surface area (Å²) in [5.41, 5.74) is 2.55. The largest absolute Gasteiger partial charge is 0.453 e. The summed E-state index contributed by atoms with van der Waals surface area (Å²) >= 11 is 0. The molecule has 0 fully saturated rings. The fourth-order valence-corrected chi connectivity index (χ4v) is 2.57. The highest BCUT2D eigenvalue weighted by atomic mass is 16.6. The lowest BCUT2D eigenvalue weighted by Crippen LogP contribution is -2.33. The van der Waals surface area contributed by atoms with Crippen molar-refractivity contribution in [3.63, 3.8) is 0 Å². The molecule has 1 amide bonds. The van der Waals surface area contributed by atoms with Gasteiger partial charge in [-0.3, -0.25) is 9.69 Å². The van der Waals surface area contributed by atoms with Gasteiger partial charge in [0.1, 0.15) is 11.4 Å². The number of carbonyl (C=O) groups excluding carboxylic acids is 2. The minimum atomic E-state index is -0.504. The lowest BCUT2D eigenvalue weighted by atomic mass is 10.1. The third kappa shape index (κ3) is 3.28. The van der Waals surface area contributed by atoms with Crippen LogP contribution in [0.2, 0.25) is 0 Å². The number of hydrogen-bond donors (Lipinski definition) is 0. The highest BCUT2D eigenvalue weighted by molar-refractivity contribution is 5.73. The third-order valence-corrected chi connectivity index (χ3v) is 3.61. The fourth-order valence-electron chi connectivity index (χ4n) is 2.57. The van der Waals surface area contributed by atoms with Gasteiger partial charge in [0.2, 0.25) is 0 Å². The molecular weight excluding hydrogens is 294 g/mol. The number of rotatable bonds is 2. The lowest BCUT2D eigenvalue weighted by Gasteiger charge is -2.24. The number of benzene rings is 1. The van der Waals surface area contributed by atoms with E-state index >= 15 is 0 Å².